The minimum atomic E-state index is -0.983. The predicted molar refractivity (Wildman–Crippen MR) is 81.6 cm³/mol. The summed E-state index contributed by atoms with van der Waals surface area (Å²) in [5.41, 5.74) is -0.0160. The highest BCUT2D eigenvalue weighted by atomic mass is 19.1. The summed E-state index contributed by atoms with van der Waals surface area (Å²) in [4.78, 5) is 35.1. The molecule has 24 heavy (non-hydrogen) atoms. The zero-order chi connectivity index (χ0) is 17.5. The van der Waals surface area contributed by atoms with Gasteiger partial charge in [0.2, 0.25) is 0 Å². The number of carbonyl (C=O) groups is 3. The molecule has 1 aromatic carbocycles. The van der Waals surface area contributed by atoms with Gasteiger partial charge in [0, 0.05) is 0 Å². The van der Waals surface area contributed by atoms with Gasteiger partial charge in [0.1, 0.15) is 11.9 Å². The van der Waals surface area contributed by atoms with Crippen LogP contribution in [0.4, 0.5) is 10.1 Å². The maximum atomic E-state index is 13.4. The molecule has 0 radical (unpaired) electrons. The average molecular weight is 334 g/mol. The maximum absolute atomic E-state index is 13.4. The third-order valence-electron chi connectivity index (χ3n) is 2.94. The van der Waals surface area contributed by atoms with Gasteiger partial charge in [0.05, 0.1) is 12.0 Å². The van der Waals surface area contributed by atoms with Crippen molar-refractivity contribution in [1.29, 1.82) is 0 Å². The minimum absolute atomic E-state index is 0.0160. The highest BCUT2D eigenvalue weighted by molar-refractivity contribution is 5.95. The van der Waals surface area contributed by atoms with Crippen molar-refractivity contribution in [1.82, 2.24) is 5.32 Å². The molecule has 0 aliphatic rings. The molecule has 126 valence electrons. The average Bonchev–Trinajstić information content (AvgIpc) is 3.09. The quantitative estimate of drug-likeness (QED) is 0.784. The highest BCUT2D eigenvalue weighted by Gasteiger charge is 2.20. The first-order chi connectivity index (χ1) is 11.5. The van der Waals surface area contributed by atoms with E-state index in [1.807, 2.05) is 0 Å². The second-order valence-corrected chi connectivity index (χ2v) is 4.81. The van der Waals surface area contributed by atoms with Crippen molar-refractivity contribution in [3.63, 3.8) is 0 Å². The fraction of sp³-hybridized carbons (Fsp3) is 0.188. The van der Waals surface area contributed by atoms with Gasteiger partial charge in [-0.2, -0.15) is 0 Å². The van der Waals surface area contributed by atoms with Gasteiger partial charge in [-0.05, 0) is 31.2 Å². The lowest BCUT2D eigenvalue weighted by atomic mass is 10.3. The van der Waals surface area contributed by atoms with Gasteiger partial charge in [0.25, 0.3) is 11.8 Å². The smallest absolute Gasteiger partial charge is 0.328 e. The van der Waals surface area contributed by atoms with Gasteiger partial charge in [-0.25, -0.2) is 9.18 Å². The fourth-order valence-electron chi connectivity index (χ4n) is 1.75. The third-order valence-corrected chi connectivity index (χ3v) is 2.94. The van der Waals surface area contributed by atoms with E-state index in [1.54, 1.807) is 6.07 Å². The van der Waals surface area contributed by atoms with Crippen LogP contribution in [0.1, 0.15) is 17.5 Å². The van der Waals surface area contributed by atoms with Gasteiger partial charge >= 0.3 is 5.97 Å². The van der Waals surface area contributed by atoms with E-state index in [-0.39, 0.29) is 11.4 Å². The Morgan fingerprint density at radius 1 is 1.21 bits per heavy atom. The van der Waals surface area contributed by atoms with E-state index in [1.165, 1.54) is 43.5 Å². The molecule has 1 atom stereocenters. The largest absolute Gasteiger partial charge is 0.459 e. The summed E-state index contributed by atoms with van der Waals surface area (Å²) in [7, 11) is 0. The third kappa shape index (κ3) is 4.67. The number of ether oxygens (including phenoxy) is 1. The molecular formula is C16H15FN2O5. The monoisotopic (exact) mass is 334 g/mol. The summed E-state index contributed by atoms with van der Waals surface area (Å²) in [5, 5.41) is 4.64. The Morgan fingerprint density at radius 2 is 1.96 bits per heavy atom. The number of hydrogen-bond acceptors (Lipinski definition) is 5. The molecule has 2 N–H and O–H groups in total. The SMILES string of the molecule is C[C@H](NC(=O)c1ccco1)C(=O)OCC(=O)Nc1ccccc1F. The molecule has 0 saturated heterocycles. The van der Waals surface area contributed by atoms with E-state index in [0.29, 0.717) is 0 Å². The molecule has 0 fully saturated rings. The number of amides is 2. The number of halogens is 1. The first kappa shape index (κ1) is 17.2. The number of rotatable bonds is 6. The topological polar surface area (TPSA) is 97.6 Å². The van der Waals surface area contributed by atoms with Crippen LogP contribution in [-0.2, 0) is 14.3 Å². The van der Waals surface area contributed by atoms with Crippen molar-refractivity contribution in [2.45, 2.75) is 13.0 Å². The molecule has 8 heteroatoms. The van der Waals surface area contributed by atoms with Gasteiger partial charge in [-0.3, -0.25) is 9.59 Å². The molecule has 2 aromatic rings. The van der Waals surface area contributed by atoms with E-state index in [0.717, 1.165) is 0 Å². The van der Waals surface area contributed by atoms with E-state index >= 15 is 0 Å². The van der Waals surface area contributed by atoms with Crippen molar-refractivity contribution < 1.29 is 27.9 Å². The van der Waals surface area contributed by atoms with Gasteiger partial charge in [-0.15, -0.1) is 0 Å². The van der Waals surface area contributed by atoms with E-state index < -0.39 is 36.2 Å². The Hall–Kier alpha value is -3.16. The minimum Gasteiger partial charge on any atom is -0.459 e. The number of benzene rings is 1. The van der Waals surface area contributed by atoms with E-state index in [9.17, 15) is 18.8 Å². The Labute approximate surface area is 136 Å². The zero-order valence-corrected chi connectivity index (χ0v) is 12.7. The lowest BCUT2D eigenvalue weighted by Gasteiger charge is -2.12. The van der Waals surface area contributed by atoms with Crippen LogP contribution >= 0.6 is 0 Å². The number of para-hydroxylation sites is 1. The summed E-state index contributed by atoms with van der Waals surface area (Å²) < 4.78 is 23.0. The second kappa shape index (κ2) is 7.91. The lowest BCUT2D eigenvalue weighted by Crippen LogP contribution is -2.40. The second-order valence-electron chi connectivity index (χ2n) is 4.81. The summed E-state index contributed by atoms with van der Waals surface area (Å²) in [6, 6.07) is 7.59. The summed E-state index contributed by atoms with van der Waals surface area (Å²) in [5.74, 6) is -2.64. The molecule has 0 unspecified atom stereocenters. The molecule has 0 aliphatic carbocycles. The number of anilines is 1. The van der Waals surface area contributed by atoms with E-state index in [4.69, 9.17) is 9.15 Å². The molecule has 7 nitrogen and oxygen atoms in total. The summed E-state index contributed by atoms with van der Waals surface area (Å²) >= 11 is 0. The Morgan fingerprint density at radius 3 is 2.62 bits per heavy atom. The first-order valence-electron chi connectivity index (χ1n) is 7.02. The van der Waals surface area contributed by atoms with Gasteiger partial charge < -0.3 is 19.8 Å². The molecule has 2 amide bonds. The van der Waals surface area contributed by atoms with Crippen molar-refractivity contribution >= 4 is 23.5 Å². The number of hydrogen-bond donors (Lipinski definition) is 2. The highest BCUT2D eigenvalue weighted by Crippen LogP contribution is 2.12. The van der Waals surface area contributed by atoms with Crippen molar-refractivity contribution in [3.8, 4) is 0 Å². The van der Waals surface area contributed by atoms with Gasteiger partial charge in [0.15, 0.2) is 12.4 Å². The fourth-order valence-corrected chi connectivity index (χ4v) is 1.75. The summed E-state index contributed by atoms with van der Waals surface area (Å²) in [6.07, 6.45) is 1.32. The van der Waals surface area contributed by atoms with Crippen LogP contribution in [0.5, 0.6) is 0 Å². The van der Waals surface area contributed by atoms with Crippen molar-refractivity contribution in [2.24, 2.45) is 0 Å². The van der Waals surface area contributed by atoms with Crippen LogP contribution in [0.2, 0.25) is 0 Å². The Bertz CT molecular complexity index is 730. The Balaban J connectivity index is 1.78. The molecule has 1 heterocycles. The lowest BCUT2D eigenvalue weighted by molar-refractivity contribution is -0.148. The molecule has 0 bridgehead atoms. The molecule has 1 aromatic heterocycles. The van der Waals surface area contributed by atoms with Crippen LogP contribution in [-0.4, -0.2) is 30.4 Å². The van der Waals surface area contributed by atoms with Crippen LogP contribution in [0.25, 0.3) is 0 Å². The first-order valence-corrected chi connectivity index (χ1v) is 7.02. The maximum Gasteiger partial charge on any atom is 0.328 e. The number of esters is 1. The van der Waals surface area contributed by atoms with Crippen molar-refractivity contribution in [2.75, 3.05) is 11.9 Å². The molecule has 0 aliphatic heterocycles. The van der Waals surface area contributed by atoms with Crippen LogP contribution in [0.15, 0.2) is 47.1 Å². The predicted octanol–water partition coefficient (Wildman–Crippen LogP) is 1.72. The zero-order valence-electron chi connectivity index (χ0n) is 12.7. The normalized spacial score (nSPS) is 11.4. The molecule has 0 spiro atoms. The molecule has 2 rings (SSSR count). The number of furan rings is 1. The standard InChI is InChI=1S/C16H15FN2O5/c1-10(18-15(21)13-7-4-8-23-13)16(22)24-9-14(20)19-12-6-3-2-5-11(12)17/h2-8,10H,9H2,1H3,(H,18,21)(H,19,20)/t10-/m0/s1. The van der Waals surface area contributed by atoms with Crippen LogP contribution in [0, 0.1) is 5.82 Å². The Kier molecular flexibility index (Phi) is 5.67. The number of carbonyl (C=O) groups excluding carboxylic acids is 3. The van der Waals surface area contributed by atoms with E-state index in [2.05, 4.69) is 10.6 Å². The van der Waals surface area contributed by atoms with Crippen LogP contribution < -0.4 is 10.6 Å². The number of nitrogens with one attached hydrogen (secondary N) is 2. The van der Waals surface area contributed by atoms with Crippen molar-refractivity contribution in [3.05, 3.63) is 54.2 Å². The molecule has 0 saturated carbocycles. The van der Waals surface area contributed by atoms with Gasteiger partial charge in [-0.1, -0.05) is 12.1 Å². The van der Waals surface area contributed by atoms with Crippen LogP contribution in [0.3, 0.4) is 0 Å². The summed E-state index contributed by atoms with van der Waals surface area (Å²) in [6.45, 7) is 0.798. The molecular weight excluding hydrogens is 319 g/mol.